The van der Waals surface area contributed by atoms with Crippen LogP contribution in [0.2, 0.25) is 0 Å². The largest absolute Gasteiger partial charge is 0.466 e. The minimum atomic E-state index is -0.851. The van der Waals surface area contributed by atoms with E-state index < -0.39 is 12.1 Å². The van der Waals surface area contributed by atoms with E-state index in [9.17, 15) is 19.8 Å². The highest BCUT2D eigenvalue weighted by Gasteiger charge is 2.18. The average Bonchev–Trinajstić information content (AvgIpc) is 3.32. The standard InChI is InChI=1S/C60H115NO5/c1-3-5-7-9-11-13-15-17-19-20-21-22-25-28-32-36-40-44-48-52-58(63)57(56-62)61-59(64)53-49-45-41-37-33-29-26-23-27-31-35-39-43-47-51-55-66-60(65)54-50-46-42-38-34-30-24-18-16-14-12-10-8-6-4-2/h18,24,48,52,57-58,62-63H,3-17,19-23,25-47,49-51,53-56H2,1-2H3,(H,61,64)/b24-18-,52-48+. The Morgan fingerprint density at radius 3 is 1.08 bits per heavy atom. The normalized spacial score (nSPS) is 12.7. The quantitative estimate of drug-likeness (QED) is 0.0321. The molecule has 0 fully saturated rings. The zero-order valence-corrected chi connectivity index (χ0v) is 44.4. The number of hydrogen-bond acceptors (Lipinski definition) is 5. The molecule has 0 radical (unpaired) electrons. The van der Waals surface area contributed by atoms with Crippen molar-refractivity contribution in [3.63, 3.8) is 0 Å². The molecule has 0 aromatic rings. The van der Waals surface area contributed by atoms with Crippen LogP contribution in [-0.4, -0.2) is 47.4 Å². The van der Waals surface area contributed by atoms with Gasteiger partial charge >= 0.3 is 5.97 Å². The molecular weight excluding hydrogens is 815 g/mol. The summed E-state index contributed by atoms with van der Waals surface area (Å²) < 4.78 is 5.47. The van der Waals surface area contributed by atoms with Crippen LogP contribution in [-0.2, 0) is 14.3 Å². The predicted molar refractivity (Wildman–Crippen MR) is 287 cm³/mol. The summed E-state index contributed by atoms with van der Waals surface area (Å²) in [7, 11) is 0. The molecule has 0 saturated carbocycles. The summed E-state index contributed by atoms with van der Waals surface area (Å²) >= 11 is 0. The molecule has 0 spiro atoms. The Kier molecular flexibility index (Phi) is 54.5. The lowest BCUT2D eigenvalue weighted by atomic mass is 10.0. The minimum absolute atomic E-state index is 0.00793. The number of ether oxygens (including phenoxy) is 1. The highest BCUT2D eigenvalue weighted by molar-refractivity contribution is 5.76. The molecule has 0 rings (SSSR count). The summed E-state index contributed by atoms with van der Waals surface area (Å²) in [5.41, 5.74) is 0. The molecule has 0 aliphatic heterocycles. The number of aliphatic hydroxyl groups is 2. The van der Waals surface area contributed by atoms with E-state index in [0.717, 1.165) is 51.4 Å². The summed E-state index contributed by atoms with van der Waals surface area (Å²) in [6, 6.07) is -0.635. The van der Waals surface area contributed by atoms with Crippen LogP contribution in [0.4, 0.5) is 0 Å². The number of esters is 1. The van der Waals surface area contributed by atoms with Gasteiger partial charge in [0.05, 0.1) is 25.4 Å². The van der Waals surface area contributed by atoms with Crippen LogP contribution in [0, 0.1) is 0 Å². The molecule has 6 nitrogen and oxygen atoms in total. The van der Waals surface area contributed by atoms with E-state index in [4.69, 9.17) is 4.74 Å². The second kappa shape index (κ2) is 55.9. The molecule has 6 heteroatoms. The Balaban J connectivity index is 3.46. The van der Waals surface area contributed by atoms with Gasteiger partial charge in [-0.15, -0.1) is 0 Å². The van der Waals surface area contributed by atoms with Crippen molar-refractivity contribution in [3.8, 4) is 0 Å². The lowest BCUT2D eigenvalue weighted by Crippen LogP contribution is -2.45. The van der Waals surface area contributed by atoms with Gasteiger partial charge in [0.1, 0.15) is 0 Å². The molecule has 2 unspecified atom stereocenters. The van der Waals surface area contributed by atoms with Crippen LogP contribution < -0.4 is 5.32 Å². The van der Waals surface area contributed by atoms with Crippen LogP contribution in [0.5, 0.6) is 0 Å². The van der Waals surface area contributed by atoms with Crippen molar-refractivity contribution in [2.24, 2.45) is 0 Å². The number of aliphatic hydroxyl groups excluding tert-OH is 2. The Morgan fingerprint density at radius 2 is 0.712 bits per heavy atom. The molecule has 390 valence electrons. The summed E-state index contributed by atoms with van der Waals surface area (Å²) in [6.07, 6.45) is 67.7. The first kappa shape index (κ1) is 64.3. The Labute approximate surface area is 411 Å². The summed E-state index contributed by atoms with van der Waals surface area (Å²) in [6.45, 7) is 4.90. The number of carbonyl (C=O) groups is 2. The van der Waals surface area contributed by atoms with Gasteiger partial charge in [0, 0.05) is 12.8 Å². The van der Waals surface area contributed by atoms with Crippen molar-refractivity contribution in [1.29, 1.82) is 0 Å². The lowest BCUT2D eigenvalue weighted by Gasteiger charge is -2.20. The third-order valence-electron chi connectivity index (χ3n) is 13.7. The van der Waals surface area contributed by atoms with Gasteiger partial charge in [0.2, 0.25) is 5.91 Å². The van der Waals surface area contributed by atoms with E-state index in [2.05, 4.69) is 31.3 Å². The van der Waals surface area contributed by atoms with Crippen LogP contribution in [0.25, 0.3) is 0 Å². The number of carbonyl (C=O) groups excluding carboxylic acids is 2. The summed E-state index contributed by atoms with van der Waals surface area (Å²) in [4.78, 5) is 24.5. The van der Waals surface area contributed by atoms with Crippen LogP contribution in [0.1, 0.15) is 322 Å². The van der Waals surface area contributed by atoms with Crippen molar-refractivity contribution in [1.82, 2.24) is 5.32 Å². The van der Waals surface area contributed by atoms with Gasteiger partial charge in [-0.2, -0.15) is 0 Å². The zero-order chi connectivity index (χ0) is 47.9. The van der Waals surface area contributed by atoms with E-state index >= 15 is 0 Å². The highest BCUT2D eigenvalue weighted by atomic mass is 16.5. The van der Waals surface area contributed by atoms with E-state index in [1.807, 2.05) is 6.08 Å². The zero-order valence-electron chi connectivity index (χ0n) is 44.4. The van der Waals surface area contributed by atoms with Crippen LogP contribution >= 0.6 is 0 Å². The number of hydrogen-bond donors (Lipinski definition) is 3. The molecule has 0 heterocycles. The predicted octanol–water partition coefficient (Wildman–Crippen LogP) is 18.2. The average molecular weight is 931 g/mol. The molecule has 3 N–H and O–H groups in total. The number of rotatable bonds is 55. The second-order valence-corrected chi connectivity index (χ2v) is 20.3. The molecule has 2 atom stereocenters. The third kappa shape index (κ3) is 51.7. The second-order valence-electron chi connectivity index (χ2n) is 20.3. The first-order chi connectivity index (χ1) is 32.5. The van der Waals surface area contributed by atoms with Crippen molar-refractivity contribution < 1.29 is 24.5 Å². The third-order valence-corrected chi connectivity index (χ3v) is 13.7. The molecule has 0 bridgehead atoms. The van der Waals surface area contributed by atoms with Crippen molar-refractivity contribution in [2.45, 2.75) is 334 Å². The topological polar surface area (TPSA) is 95.9 Å². The summed E-state index contributed by atoms with van der Waals surface area (Å²) in [5, 5.41) is 23.2. The van der Waals surface area contributed by atoms with Gasteiger partial charge in [-0.3, -0.25) is 9.59 Å². The molecule has 0 aromatic carbocycles. The SMILES string of the molecule is CCCCCCCC/C=C\CCCCCCCC(=O)OCCCCCCCCCCCCCCCCCC(=O)NC(CO)C(O)/C=C/CCCCCCCCCCCCCCCCCCC. The molecule has 0 aromatic heterocycles. The number of unbranched alkanes of at least 4 members (excludes halogenated alkanes) is 42. The van der Waals surface area contributed by atoms with Gasteiger partial charge < -0.3 is 20.3 Å². The van der Waals surface area contributed by atoms with Gasteiger partial charge in [0.15, 0.2) is 0 Å². The molecule has 0 aliphatic carbocycles. The van der Waals surface area contributed by atoms with Crippen molar-refractivity contribution in [3.05, 3.63) is 24.3 Å². The maximum atomic E-state index is 12.5. The number of amides is 1. The molecular formula is C60H115NO5. The van der Waals surface area contributed by atoms with E-state index in [0.29, 0.717) is 19.4 Å². The first-order valence-electron chi connectivity index (χ1n) is 29.6. The molecule has 1 amide bonds. The smallest absolute Gasteiger partial charge is 0.305 e. The van der Waals surface area contributed by atoms with E-state index in [1.54, 1.807) is 6.08 Å². The maximum absolute atomic E-state index is 12.5. The summed E-state index contributed by atoms with van der Waals surface area (Å²) in [5.74, 6) is -0.0823. The molecule has 0 aliphatic rings. The fourth-order valence-electron chi connectivity index (χ4n) is 9.16. The first-order valence-corrected chi connectivity index (χ1v) is 29.6. The van der Waals surface area contributed by atoms with Gasteiger partial charge in [-0.1, -0.05) is 276 Å². The van der Waals surface area contributed by atoms with Crippen LogP contribution in [0.3, 0.4) is 0 Å². The fraction of sp³-hybridized carbons (Fsp3) is 0.900. The Morgan fingerprint density at radius 1 is 0.409 bits per heavy atom. The van der Waals surface area contributed by atoms with Gasteiger partial charge in [-0.05, 0) is 57.8 Å². The van der Waals surface area contributed by atoms with Gasteiger partial charge in [-0.25, -0.2) is 0 Å². The molecule has 66 heavy (non-hydrogen) atoms. The maximum Gasteiger partial charge on any atom is 0.305 e. The number of nitrogens with one attached hydrogen (secondary N) is 1. The fourth-order valence-corrected chi connectivity index (χ4v) is 9.16. The molecule has 0 saturated heterocycles. The van der Waals surface area contributed by atoms with Crippen LogP contribution in [0.15, 0.2) is 24.3 Å². The van der Waals surface area contributed by atoms with E-state index in [1.165, 1.54) is 244 Å². The number of allylic oxidation sites excluding steroid dienone is 3. The Bertz CT molecular complexity index is 1030. The Hall–Kier alpha value is -1.66. The van der Waals surface area contributed by atoms with Crippen molar-refractivity contribution >= 4 is 11.9 Å². The monoisotopic (exact) mass is 930 g/mol. The van der Waals surface area contributed by atoms with Gasteiger partial charge in [0.25, 0.3) is 0 Å². The lowest BCUT2D eigenvalue weighted by molar-refractivity contribution is -0.143. The van der Waals surface area contributed by atoms with Crippen molar-refractivity contribution in [2.75, 3.05) is 13.2 Å². The van der Waals surface area contributed by atoms with E-state index in [-0.39, 0.29) is 18.5 Å². The highest BCUT2D eigenvalue weighted by Crippen LogP contribution is 2.17. The minimum Gasteiger partial charge on any atom is -0.466 e.